The van der Waals surface area contributed by atoms with Crippen molar-refractivity contribution in [3.8, 4) is 0 Å². The molecule has 1 aromatic heterocycles. The molecule has 0 radical (unpaired) electrons. The zero-order valence-corrected chi connectivity index (χ0v) is 6.89. The van der Waals surface area contributed by atoms with E-state index in [4.69, 9.17) is 0 Å². The minimum absolute atomic E-state index is 1.02. The van der Waals surface area contributed by atoms with Gasteiger partial charge in [0.25, 0.3) is 0 Å². The van der Waals surface area contributed by atoms with Crippen LogP contribution in [0.25, 0.3) is 0 Å². The topological polar surface area (TPSA) is 17.8 Å². The number of hydrogen-bond donors (Lipinski definition) is 0. The average Bonchev–Trinajstić information content (AvgIpc) is 2.30. The molecule has 2 nitrogen and oxygen atoms in total. The molecule has 1 aromatic rings. The Kier molecular flexibility index (Phi) is 2.10. The Morgan fingerprint density at radius 3 is 2.40 bits per heavy atom. The molecule has 0 spiro atoms. The van der Waals surface area contributed by atoms with Gasteiger partial charge in [-0.2, -0.15) is 0 Å². The van der Waals surface area contributed by atoms with Crippen LogP contribution in [0.15, 0.2) is 6.20 Å². The first-order valence-electron chi connectivity index (χ1n) is 3.79. The molecule has 1 heterocycles. The van der Waals surface area contributed by atoms with Crippen LogP contribution in [0.5, 0.6) is 0 Å². The molecular weight excluding hydrogens is 124 g/mol. The van der Waals surface area contributed by atoms with Crippen LogP contribution in [-0.2, 0) is 19.9 Å². The Balaban J connectivity index is 2.97. The van der Waals surface area contributed by atoms with Gasteiger partial charge in [-0.15, -0.1) is 0 Å². The number of hydrogen-bond acceptors (Lipinski definition) is 1. The lowest BCUT2D eigenvalue weighted by Gasteiger charge is -2.00. The molecule has 0 saturated heterocycles. The van der Waals surface area contributed by atoms with Gasteiger partial charge in [-0.25, -0.2) is 4.98 Å². The number of aryl methyl sites for hydroxylation is 2. The van der Waals surface area contributed by atoms with Gasteiger partial charge in [0.05, 0.1) is 0 Å². The quantitative estimate of drug-likeness (QED) is 0.606. The second kappa shape index (κ2) is 2.86. The summed E-state index contributed by atoms with van der Waals surface area (Å²) in [6.07, 6.45) is 4.05. The lowest BCUT2D eigenvalue weighted by Crippen LogP contribution is -1.99. The van der Waals surface area contributed by atoms with E-state index in [0.29, 0.717) is 0 Å². The number of aromatic nitrogens is 2. The Hall–Kier alpha value is -0.790. The van der Waals surface area contributed by atoms with Crippen molar-refractivity contribution >= 4 is 0 Å². The van der Waals surface area contributed by atoms with Crippen molar-refractivity contribution in [3.05, 3.63) is 17.7 Å². The summed E-state index contributed by atoms with van der Waals surface area (Å²) < 4.78 is 2.17. The van der Waals surface area contributed by atoms with Crippen molar-refractivity contribution in [2.75, 3.05) is 0 Å². The lowest BCUT2D eigenvalue weighted by atomic mass is 10.4. The van der Waals surface area contributed by atoms with E-state index in [9.17, 15) is 0 Å². The van der Waals surface area contributed by atoms with Crippen LogP contribution in [-0.4, -0.2) is 9.55 Å². The van der Waals surface area contributed by atoms with E-state index in [1.54, 1.807) is 0 Å². The van der Waals surface area contributed by atoms with Gasteiger partial charge >= 0.3 is 0 Å². The maximum Gasteiger partial charge on any atom is 0.108 e. The van der Waals surface area contributed by atoms with Gasteiger partial charge in [0, 0.05) is 25.4 Å². The van der Waals surface area contributed by atoms with Crippen molar-refractivity contribution in [2.24, 2.45) is 7.05 Å². The summed E-state index contributed by atoms with van der Waals surface area (Å²) in [5, 5.41) is 0. The van der Waals surface area contributed by atoms with Gasteiger partial charge < -0.3 is 4.57 Å². The van der Waals surface area contributed by atoms with E-state index in [2.05, 4.69) is 30.4 Å². The molecule has 0 aliphatic rings. The van der Waals surface area contributed by atoms with E-state index in [1.807, 2.05) is 6.20 Å². The summed E-state index contributed by atoms with van der Waals surface area (Å²) in [4.78, 5) is 4.27. The van der Waals surface area contributed by atoms with Gasteiger partial charge in [0.15, 0.2) is 0 Å². The summed E-state index contributed by atoms with van der Waals surface area (Å²) in [6, 6.07) is 0. The predicted octanol–water partition coefficient (Wildman–Crippen LogP) is 1.54. The van der Waals surface area contributed by atoms with Gasteiger partial charge in [0.2, 0.25) is 0 Å². The van der Waals surface area contributed by atoms with Gasteiger partial charge in [0.1, 0.15) is 5.82 Å². The van der Waals surface area contributed by atoms with E-state index in [0.717, 1.165) is 12.8 Å². The molecule has 0 bridgehead atoms. The fourth-order valence-electron chi connectivity index (χ4n) is 1.14. The van der Waals surface area contributed by atoms with Crippen molar-refractivity contribution < 1.29 is 0 Å². The highest BCUT2D eigenvalue weighted by Gasteiger charge is 2.00. The first-order valence-corrected chi connectivity index (χ1v) is 3.79. The third-order valence-electron chi connectivity index (χ3n) is 1.86. The molecule has 56 valence electrons. The van der Waals surface area contributed by atoms with E-state index < -0.39 is 0 Å². The number of imidazole rings is 1. The van der Waals surface area contributed by atoms with Crippen molar-refractivity contribution in [1.29, 1.82) is 0 Å². The molecule has 0 aromatic carbocycles. The Morgan fingerprint density at radius 1 is 1.40 bits per heavy atom. The Labute approximate surface area is 61.9 Å². The highest BCUT2D eigenvalue weighted by Crippen LogP contribution is 2.03. The molecule has 0 atom stereocenters. The summed E-state index contributed by atoms with van der Waals surface area (Å²) in [5.74, 6) is 1.18. The summed E-state index contributed by atoms with van der Waals surface area (Å²) in [6.45, 7) is 4.28. The smallest absolute Gasteiger partial charge is 0.108 e. The Morgan fingerprint density at radius 2 is 2.10 bits per heavy atom. The van der Waals surface area contributed by atoms with Crippen LogP contribution in [0.3, 0.4) is 0 Å². The molecule has 2 heteroatoms. The van der Waals surface area contributed by atoms with Gasteiger partial charge in [-0.3, -0.25) is 0 Å². The Bertz CT molecular complexity index is 192. The summed E-state index contributed by atoms with van der Waals surface area (Å²) >= 11 is 0. The predicted molar refractivity (Wildman–Crippen MR) is 42.0 cm³/mol. The van der Waals surface area contributed by atoms with Gasteiger partial charge in [-0.1, -0.05) is 13.8 Å². The fourth-order valence-corrected chi connectivity index (χ4v) is 1.14. The number of nitrogens with zero attached hydrogens (tertiary/aromatic N) is 2. The molecule has 0 aliphatic carbocycles. The zero-order valence-electron chi connectivity index (χ0n) is 6.89. The third kappa shape index (κ3) is 1.06. The first kappa shape index (κ1) is 7.32. The second-order valence-electron chi connectivity index (χ2n) is 2.43. The maximum absolute atomic E-state index is 4.27. The minimum Gasteiger partial charge on any atom is -0.335 e. The standard InChI is InChI=1S/C8H14N2/c1-4-7-6-9-8(5-2)10(7)3/h6H,4-5H2,1-3H3. The molecule has 10 heavy (non-hydrogen) atoms. The SMILES string of the molecule is CCc1cnc(CC)n1C. The van der Waals surface area contributed by atoms with Gasteiger partial charge in [-0.05, 0) is 6.42 Å². The third-order valence-corrected chi connectivity index (χ3v) is 1.86. The molecule has 0 fully saturated rings. The van der Waals surface area contributed by atoms with Crippen LogP contribution >= 0.6 is 0 Å². The van der Waals surface area contributed by atoms with Crippen molar-refractivity contribution in [2.45, 2.75) is 26.7 Å². The van der Waals surface area contributed by atoms with Crippen LogP contribution in [0.1, 0.15) is 25.4 Å². The average molecular weight is 138 g/mol. The number of rotatable bonds is 2. The summed E-state index contributed by atoms with van der Waals surface area (Å²) in [5.41, 5.74) is 1.32. The minimum atomic E-state index is 1.02. The van der Waals surface area contributed by atoms with E-state index >= 15 is 0 Å². The summed E-state index contributed by atoms with van der Waals surface area (Å²) in [7, 11) is 2.07. The van der Waals surface area contributed by atoms with Crippen LogP contribution < -0.4 is 0 Å². The molecular formula is C8H14N2. The lowest BCUT2D eigenvalue weighted by molar-refractivity contribution is 0.764. The monoisotopic (exact) mass is 138 g/mol. The highest BCUT2D eigenvalue weighted by atomic mass is 15.1. The van der Waals surface area contributed by atoms with Crippen LogP contribution in [0.4, 0.5) is 0 Å². The molecule has 0 N–H and O–H groups in total. The molecule has 1 rings (SSSR count). The first-order chi connectivity index (χ1) is 4.79. The van der Waals surface area contributed by atoms with E-state index in [-0.39, 0.29) is 0 Å². The van der Waals surface area contributed by atoms with Crippen molar-refractivity contribution in [1.82, 2.24) is 9.55 Å². The molecule has 0 amide bonds. The highest BCUT2D eigenvalue weighted by molar-refractivity contribution is 5.04. The molecule has 0 unspecified atom stereocenters. The van der Waals surface area contributed by atoms with Crippen LogP contribution in [0.2, 0.25) is 0 Å². The largest absolute Gasteiger partial charge is 0.335 e. The van der Waals surface area contributed by atoms with Crippen LogP contribution in [0, 0.1) is 0 Å². The maximum atomic E-state index is 4.27. The molecule has 0 aliphatic heterocycles. The van der Waals surface area contributed by atoms with Crippen molar-refractivity contribution in [3.63, 3.8) is 0 Å². The second-order valence-corrected chi connectivity index (χ2v) is 2.43. The fraction of sp³-hybridized carbons (Fsp3) is 0.625. The zero-order chi connectivity index (χ0) is 7.56. The van der Waals surface area contributed by atoms with E-state index in [1.165, 1.54) is 11.5 Å². The normalized spacial score (nSPS) is 10.3. The molecule has 0 saturated carbocycles.